The fourth-order valence-electron chi connectivity index (χ4n) is 1.50. The molecule has 4 heteroatoms. The standard InChI is InChI=1S/C13H14O4/c1-8(2)9-5-3-4-6-10(9)11(14)7-12(15)13(16)17/h3-8,14H,1-2H3,(H,16,17)/b11-7-. The summed E-state index contributed by atoms with van der Waals surface area (Å²) in [7, 11) is 0. The van der Waals surface area contributed by atoms with E-state index in [1.807, 2.05) is 26.0 Å². The number of carbonyl (C=O) groups is 2. The average Bonchev–Trinajstić information content (AvgIpc) is 2.28. The highest BCUT2D eigenvalue weighted by molar-refractivity contribution is 6.38. The number of benzene rings is 1. The fraction of sp³-hybridized carbons (Fsp3) is 0.231. The molecular weight excluding hydrogens is 220 g/mol. The van der Waals surface area contributed by atoms with Crippen molar-refractivity contribution < 1.29 is 19.8 Å². The molecule has 0 amide bonds. The molecule has 17 heavy (non-hydrogen) atoms. The van der Waals surface area contributed by atoms with Crippen LogP contribution in [0.1, 0.15) is 30.9 Å². The van der Waals surface area contributed by atoms with Gasteiger partial charge in [-0.2, -0.15) is 0 Å². The second-order valence-electron chi connectivity index (χ2n) is 3.94. The minimum absolute atomic E-state index is 0.168. The molecule has 90 valence electrons. The van der Waals surface area contributed by atoms with E-state index in [0.717, 1.165) is 11.6 Å². The lowest BCUT2D eigenvalue weighted by molar-refractivity contribution is -0.146. The van der Waals surface area contributed by atoms with Crippen LogP contribution in [0.2, 0.25) is 0 Å². The van der Waals surface area contributed by atoms with Crippen molar-refractivity contribution in [3.05, 3.63) is 41.5 Å². The van der Waals surface area contributed by atoms with E-state index < -0.39 is 11.8 Å². The molecule has 0 bridgehead atoms. The summed E-state index contributed by atoms with van der Waals surface area (Å²) in [5, 5.41) is 18.2. The Kier molecular flexibility index (Phi) is 4.04. The van der Waals surface area contributed by atoms with E-state index in [0.29, 0.717) is 5.56 Å². The summed E-state index contributed by atoms with van der Waals surface area (Å²) in [5.41, 5.74) is 1.34. The van der Waals surface area contributed by atoms with E-state index in [1.165, 1.54) is 0 Å². The number of carboxylic acid groups (broad SMARTS) is 1. The maximum Gasteiger partial charge on any atom is 0.376 e. The number of ketones is 1. The smallest absolute Gasteiger partial charge is 0.376 e. The van der Waals surface area contributed by atoms with Crippen molar-refractivity contribution in [2.75, 3.05) is 0 Å². The zero-order valence-corrected chi connectivity index (χ0v) is 9.68. The van der Waals surface area contributed by atoms with E-state index in [1.54, 1.807) is 12.1 Å². The van der Waals surface area contributed by atoms with E-state index in [9.17, 15) is 14.7 Å². The van der Waals surface area contributed by atoms with E-state index >= 15 is 0 Å². The molecule has 0 unspecified atom stereocenters. The molecule has 1 rings (SSSR count). The zero-order valence-electron chi connectivity index (χ0n) is 9.68. The molecule has 0 radical (unpaired) electrons. The molecule has 0 aromatic heterocycles. The first-order chi connectivity index (χ1) is 7.93. The highest BCUT2D eigenvalue weighted by atomic mass is 16.4. The van der Waals surface area contributed by atoms with Crippen molar-refractivity contribution in [3.63, 3.8) is 0 Å². The zero-order chi connectivity index (χ0) is 13.0. The average molecular weight is 234 g/mol. The number of rotatable bonds is 4. The first kappa shape index (κ1) is 13.0. The van der Waals surface area contributed by atoms with Gasteiger partial charge in [-0.1, -0.05) is 38.1 Å². The molecular formula is C13H14O4. The maximum absolute atomic E-state index is 11.0. The second kappa shape index (κ2) is 5.30. The normalized spacial score (nSPS) is 11.6. The molecule has 1 aromatic carbocycles. The summed E-state index contributed by atoms with van der Waals surface area (Å²) in [6.45, 7) is 3.90. The van der Waals surface area contributed by atoms with E-state index in [-0.39, 0.29) is 11.7 Å². The molecule has 1 aromatic rings. The quantitative estimate of drug-likeness (QED) is 0.476. The summed E-state index contributed by atoms with van der Waals surface area (Å²) in [6, 6.07) is 7.02. The molecule has 0 saturated heterocycles. The van der Waals surface area contributed by atoms with Crippen molar-refractivity contribution in [1.29, 1.82) is 0 Å². The van der Waals surface area contributed by atoms with Gasteiger partial charge in [0.1, 0.15) is 5.76 Å². The number of hydrogen-bond acceptors (Lipinski definition) is 3. The van der Waals surface area contributed by atoms with Gasteiger partial charge in [0.2, 0.25) is 0 Å². The molecule has 0 saturated carbocycles. The fourth-order valence-corrected chi connectivity index (χ4v) is 1.50. The van der Waals surface area contributed by atoms with Crippen LogP contribution in [-0.4, -0.2) is 22.0 Å². The molecule has 0 atom stereocenters. The van der Waals surface area contributed by atoms with Crippen LogP contribution in [0.15, 0.2) is 30.3 Å². The number of aliphatic hydroxyl groups is 1. The van der Waals surface area contributed by atoms with Gasteiger partial charge in [-0.05, 0) is 11.5 Å². The van der Waals surface area contributed by atoms with Crippen molar-refractivity contribution in [2.24, 2.45) is 0 Å². The molecule has 2 N–H and O–H groups in total. The Balaban J connectivity index is 3.16. The Morgan fingerprint density at radius 1 is 1.18 bits per heavy atom. The highest BCUT2D eigenvalue weighted by Crippen LogP contribution is 2.24. The molecule has 0 aliphatic heterocycles. The third kappa shape index (κ3) is 3.17. The summed E-state index contributed by atoms with van der Waals surface area (Å²) < 4.78 is 0. The number of aliphatic carboxylic acids is 1. The predicted octanol–water partition coefficient (Wildman–Crippen LogP) is 2.36. The third-order valence-corrected chi connectivity index (χ3v) is 2.34. The van der Waals surface area contributed by atoms with Gasteiger partial charge in [-0.25, -0.2) is 4.79 Å². The van der Waals surface area contributed by atoms with Crippen LogP contribution in [0.5, 0.6) is 0 Å². The van der Waals surface area contributed by atoms with Gasteiger partial charge in [0.25, 0.3) is 5.78 Å². The van der Waals surface area contributed by atoms with Crippen LogP contribution in [0, 0.1) is 0 Å². The summed E-state index contributed by atoms with van der Waals surface area (Å²) in [4.78, 5) is 21.4. The van der Waals surface area contributed by atoms with E-state index in [2.05, 4.69) is 0 Å². The first-order valence-corrected chi connectivity index (χ1v) is 5.20. The summed E-state index contributed by atoms with van der Waals surface area (Å²) in [6.07, 6.45) is 0.726. The minimum atomic E-state index is -1.58. The second-order valence-corrected chi connectivity index (χ2v) is 3.94. The lowest BCUT2D eigenvalue weighted by Gasteiger charge is -2.11. The number of hydrogen-bond donors (Lipinski definition) is 2. The highest BCUT2D eigenvalue weighted by Gasteiger charge is 2.13. The molecule has 0 aliphatic carbocycles. The van der Waals surface area contributed by atoms with Gasteiger partial charge in [-0.3, -0.25) is 4.79 Å². The number of carboxylic acids is 1. The van der Waals surface area contributed by atoms with Gasteiger partial charge in [0.15, 0.2) is 0 Å². The van der Waals surface area contributed by atoms with Crippen LogP contribution >= 0.6 is 0 Å². The Morgan fingerprint density at radius 3 is 2.29 bits per heavy atom. The van der Waals surface area contributed by atoms with E-state index in [4.69, 9.17) is 5.11 Å². The largest absolute Gasteiger partial charge is 0.507 e. The SMILES string of the molecule is CC(C)c1ccccc1/C(O)=C/C(=O)C(=O)O. The van der Waals surface area contributed by atoms with Gasteiger partial charge < -0.3 is 10.2 Å². The van der Waals surface area contributed by atoms with Gasteiger partial charge >= 0.3 is 5.97 Å². The van der Waals surface area contributed by atoms with Gasteiger partial charge in [0, 0.05) is 11.6 Å². The maximum atomic E-state index is 11.0. The van der Waals surface area contributed by atoms with Gasteiger partial charge in [0.05, 0.1) is 0 Å². The van der Waals surface area contributed by atoms with Crippen molar-refractivity contribution >= 4 is 17.5 Å². The predicted molar refractivity (Wildman–Crippen MR) is 63.8 cm³/mol. The summed E-state index contributed by atoms with van der Waals surface area (Å²) >= 11 is 0. The molecule has 0 fully saturated rings. The third-order valence-electron chi connectivity index (χ3n) is 2.34. The lowest BCUT2D eigenvalue weighted by atomic mass is 9.96. The van der Waals surface area contributed by atoms with Crippen molar-refractivity contribution in [1.82, 2.24) is 0 Å². The topological polar surface area (TPSA) is 74.6 Å². The van der Waals surface area contributed by atoms with Crippen LogP contribution < -0.4 is 0 Å². The van der Waals surface area contributed by atoms with Crippen LogP contribution in [0.3, 0.4) is 0 Å². The van der Waals surface area contributed by atoms with Crippen molar-refractivity contribution in [2.45, 2.75) is 19.8 Å². The molecule has 0 heterocycles. The lowest BCUT2D eigenvalue weighted by Crippen LogP contribution is -2.10. The number of carbonyl (C=O) groups excluding carboxylic acids is 1. The van der Waals surface area contributed by atoms with Gasteiger partial charge in [-0.15, -0.1) is 0 Å². The van der Waals surface area contributed by atoms with Crippen LogP contribution in [-0.2, 0) is 9.59 Å². The molecule has 0 spiro atoms. The Labute approximate surface area is 99.2 Å². The Hall–Kier alpha value is -2.10. The monoisotopic (exact) mass is 234 g/mol. The first-order valence-electron chi connectivity index (χ1n) is 5.20. The summed E-state index contributed by atoms with van der Waals surface area (Å²) in [5.74, 6) is -2.87. The van der Waals surface area contributed by atoms with Crippen LogP contribution in [0.25, 0.3) is 5.76 Å². The van der Waals surface area contributed by atoms with Crippen molar-refractivity contribution in [3.8, 4) is 0 Å². The Morgan fingerprint density at radius 2 is 1.76 bits per heavy atom. The Bertz CT molecular complexity index is 472. The molecule has 4 nitrogen and oxygen atoms in total. The number of aliphatic hydroxyl groups excluding tert-OH is 1. The minimum Gasteiger partial charge on any atom is -0.507 e. The molecule has 0 aliphatic rings. The van der Waals surface area contributed by atoms with Crippen LogP contribution in [0.4, 0.5) is 0 Å².